The molecule has 1 aliphatic rings. The molecule has 2 heteroatoms. The fourth-order valence-corrected chi connectivity index (χ4v) is 1.47. The lowest BCUT2D eigenvalue weighted by Gasteiger charge is -2.12. The zero-order chi connectivity index (χ0) is 12.5. The SMILES string of the molecule is C=C/C=C\C/C=C1\C=CC=C(/C=C(/Cl)CC)N1. The van der Waals surface area contributed by atoms with Crippen LogP contribution in [-0.2, 0) is 0 Å². The van der Waals surface area contributed by atoms with Gasteiger partial charge in [-0.2, -0.15) is 0 Å². The van der Waals surface area contributed by atoms with Gasteiger partial charge < -0.3 is 5.32 Å². The lowest BCUT2D eigenvalue weighted by molar-refractivity contribution is 1.01. The first-order chi connectivity index (χ1) is 8.26. The lowest BCUT2D eigenvalue weighted by atomic mass is 10.2. The highest BCUT2D eigenvalue weighted by Gasteiger charge is 2.00. The molecule has 1 nitrogen and oxygen atoms in total. The average Bonchev–Trinajstić information content (AvgIpc) is 2.35. The fraction of sp³-hybridized carbons (Fsp3) is 0.200. The number of halogens is 1. The zero-order valence-corrected chi connectivity index (χ0v) is 10.9. The van der Waals surface area contributed by atoms with Gasteiger partial charge >= 0.3 is 0 Å². The molecule has 1 aliphatic heterocycles. The Morgan fingerprint density at radius 1 is 1.53 bits per heavy atom. The number of hydrogen-bond donors (Lipinski definition) is 1. The van der Waals surface area contributed by atoms with E-state index in [0.717, 1.165) is 29.3 Å². The maximum Gasteiger partial charge on any atom is 0.0395 e. The highest BCUT2D eigenvalue weighted by Crippen LogP contribution is 2.13. The van der Waals surface area contributed by atoms with Crippen LogP contribution in [-0.4, -0.2) is 0 Å². The molecule has 0 aromatic carbocycles. The smallest absolute Gasteiger partial charge is 0.0395 e. The summed E-state index contributed by atoms with van der Waals surface area (Å²) in [6.07, 6.45) is 17.7. The first-order valence-electron chi connectivity index (χ1n) is 5.75. The molecule has 0 saturated heterocycles. The van der Waals surface area contributed by atoms with Crippen LogP contribution in [0.15, 0.2) is 71.6 Å². The number of allylic oxidation sites excluding steroid dienone is 9. The predicted molar refractivity (Wildman–Crippen MR) is 76.6 cm³/mol. The van der Waals surface area contributed by atoms with E-state index in [9.17, 15) is 0 Å². The van der Waals surface area contributed by atoms with Gasteiger partial charge in [0.15, 0.2) is 0 Å². The zero-order valence-electron chi connectivity index (χ0n) is 10.1. The van der Waals surface area contributed by atoms with E-state index < -0.39 is 0 Å². The van der Waals surface area contributed by atoms with E-state index in [1.807, 2.05) is 37.3 Å². The van der Waals surface area contributed by atoms with Crippen molar-refractivity contribution < 1.29 is 0 Å². The third-order valence-electron chi connectivity index (χ3n) is 2.24. The van der Waals surface area contributed by atoms with Crippen LogP contribution in [0, 0.1) is 0 Å². The monoisotopic (exact) mass is 247 g/mol. The first kappa shape index (κ1) is 13.6. The molecular weight excluding hydrogens is 230 g/mol. The number of rotatable bonds is 5. The standard InChI is InChI=1S/C15H18ClN/c1-3-5-6-7-9-14-10-8-11-15(17-14)12-13(16)4-2/h3,5-6,8-12,17H,1,4,7H2,2H3/b6-5-,13-12+,14-9+. The van der Waals surface area contributed by atoms with Crippen LogP contribution in [0.2, 0.25) is 0 Å². The summed E-state index contributed by atoms with van der Waals surface area (Å²) in [5.41, 5.74) is 2.12. The summed E-state index contributed by atoms with van der Waals surface area (Å²) in [7, 11) is 0. The van der Waals surface area contributed by atoms with Gasteiger partial charge in [0.05, 0.1) is 0 Å². The molecule has 0 radical (unpaired) electrons. The van der Waals surface area contributed by atoms with Gasteiger partial charge in [0.1, 0.15) is 0 Å². The van der Waals surface area contributed by atoms with Crippen molar-refractivity contribution in [1.82, 2.24) is 5.32 Å². The molecular formula is C15H18ClN. The Balaban J connectivity index is 2.60. The fourth-order valence-electron chi connectivity index (χ4n) is 1.35. The molecule has 0 unspecified atom stereocenters. The molecule has 0 aliphatic carbocycles. The summed E-state index contributed by atoms with van der Waals surface area (Å²) < 4.78 is 0. The van der Waals surface area contributed by atoms with E-state index in [0.29, 0.717) is 0 Å². The number of hydrogen-bond acceptors (Lipinski definition) is 1. The molecule has 0 spiro atoms. The Morgan fingerprint density at radius 2 is 2.35 bits per heavy atom. The van der Waals surface area contributed by atoms with Crippen molar-refractivity contribution in [3.63, 3.8) is 0 Å². The highest BCUT2D eigenvalue weighted by atomic mass is 35.5. The molecule has 1 heterocycles. The molecule has 0 aromatic rings. The largest absolute Gasteiger partial charge is 0.356 e. The van der Waals surface area contributed by atoms with Crippen molar-refractivity contribution >= 4 is 11.6 Å². The second-order valence-electron chi connectivity index (χ2n) is 3.61. The van der Waals surface area contributed by atoms with Gasteiger partial charge in [0.25, 0.3) is 0 Å². The molecule has 1 N–H and O–H groups in total. The normalized spacial score (nSPS) is 18.4. The maximum atomic E-state index is 6.01. The Hall–Kier alpha value is -1.47. The first-order valence-corrected chi connectivity index (χ1v) is 6.13. The number of nitrogens with one attached hydrogen (secondary N) is 1. The lowest BCUT2D eigenvalue weighted by Crippen LogP contribution is -2.12. The van der Waals surface area contributed by atoms with Crippen molar-refractivity contribution in [1.29, 1.82) is 0 Å². The maximum absolute atomic E-state index is 6.01. The second-order valence-corrected chi connectivity index (χ2v) is 4.10. The van der Waals surface area contributed by atoms with Gasteiger partial charge in [-0.05, 0) is 31.1 Å². The summed E-state index contributed by atoms with van der Waals surface area (Å²) in [6.45, 7) is 5.67. The predicted octanol–water partition coefficient (Wildman–Crippen LogP) is 4.58. The van der Waals surface area contributed by atoms with Crippen LogP contribution >= 0.6 is 11.6 Å². The van der Waals surface area contributed by atoms with Crippen molar-refractivity contribution in [3.05, 3.63) is 71.6 Å². The molecule has 0 bridgehead atoms. The van der Waals surface area contributed by atoms with E-state index >= 15 is 0 Å². The van der Waals surface area contributed by atoms with E-state index in [2.05, 4.69) is 24.0 Å². The van der Waals surface area contributed by atoms with Crippen molar-refractivity contribution in [2.24, 2.45) is 0 Å². The molecule has 0 atom stereocenters. The Bertz CT molecular complexity index is 409. The van der Waals surface area contributed by atoms with Crippen LogP contribution < -0.4 is 5.32 Å². The third kappa shape index (κ3) is 5.41. The van der Waals surface area contributed by atoms with Crippen molar-refractivity contribution in [2.75, 3.05) is 0 Å². The van der Waals surface area contributed by atoms with Crippen LogP contribution in [0.3, 0.4) is 0 Å². The minimum Gasteiger partial charge on any atom is -0.356 e. The van der Waals surface area contributed by atoms with Gasteiger partial charge in [-0.25, -0.2) is 0 Å². The third-order valence-corrected chi connectivity index (χ3v) is 2.61. The summed E-state index contributed by atoms with van der Waals surface area (Å²) in [5.74, 6) is 0. The van der Waals surface area contributed by atoms with E-state index in [1.54, 1.807) is 6.08 Å². The average molecular weight is 248 g/mol. The second kappa shape index (κ2) is 7.75. The van der Waals surface area contributed by atoms with Crippen molar-refractivity contribution in [2.45, 2.75) is 19.8 Å². The summed E-state index contributed by atoms with van der Waals surface area (Å²) in [6, 6.07) is 0. The quantitative estimate of drug-likeness (QED) is 0.702. The summed E-state index contributed by atoms with van der Waals surface area (Å²) >= 11 is 6.01. The van der Waals surface area contributed by atoms with Crippen LogP contribution in [0.1, 0.15) is 19.8 Å². The highest BCUT2D eigenvalue weighted by molar-refractivity contribution is 6.29. The Labute approximate surface area is 109 Å². The number of dihydropyridines is 1. The van der Waals surface area contributed by atoms with Crippen molar-refractivity contribution in [3.8, 4) is 0 Å². The minimum atomic E-state index is 0.852. The Kier molecular flexibility index (Phi) is 6.19. The van der Waals surface area contributed by atoms with Gasteiger partial charge in [-0.15, -0.1) is 0 Å². The van der Waals surface area contributed by atoms with E-state index in [4.69, 9.17) is 11.6 Å². The molecule has 0 saturated carbocycles. The molecule has 0 fully saturated rings. The molecule has 0 amide bonds. The van der Waals surface area contributed by atoms with Crippen LogP contribution in [0.5, 0.6) is 0 Å². The summed E-state index contributed by atoms with van der Waals surface area (Å²) in [4.78, 5) is 0. The summed E-state index contributed by atoms with van der Waals surface area (Å²) in [5, 5.41) is 4.16. The molecule has 1 rings (SSSR count). The van der Waals surface area contributed by atoms with Gasteiger partial charge in [0, 0.05) is 16.4 Å². The van der Waals surface area contributed by atoms with Gasteiger partial charge in [-0.1, -0.05) is 55.5 Å². The van der Waals surface area contributed by atoms with Crippen LogP contribution in [0.25, 0.3) is 0 Å². The molecule has 17 heavy (non-hydrogen) atoms. The topological polar surface area (TPSA) is 12.0 Å². The van der Waals surface area contributed by atoms with Gasteiger partial charge in [0.2, 0.25) is 0 Å². The Morgan fingerprint density at radius 3 is 3.06 bits per heavy atom. The molecule has 90 valence electrons. The van der Waals surface area contributed by atoms with Gasteiger partial charge in [-0.3, -0.25) is 0 Å². The van der Waals surface area contributed by atoms with E-state index in [-0.39, 0.29) is 0 Å². The molecule has 0 aromatic heterocycles. The van der Waals surface area contributed by atoms with Crippen LogP contribution in [0.4, 0.5) is 0 Å². The minimum absolute atomic E-state index is 0.852. The van der Waals surface area contributed by atoms with E-state index in [1.165, 1.54) is 0 Å².